The number of hydrogen-bond donors (Lipinski definition) is 4. The van der Waals surface area contributed by atoms with Gasteiger partial charge in [0.1, 0.15) is 0 Å². The van der Waals surface area contributed by atoms with Crippen molar-refractivity contribution >= 4 is 11.9 Å². The van der Waals surface area contributed by atoms with Gasteiger partial charge in [0.25, 0.3) is 0 Å². The number of nitrogens with one attached hydrogen (secondary N) is 3. The Morgan fingerprint density at radius 1 is 1.17 bits per heavy atom. The summed E-state index contributed by atoms with van der Waals surface area (Å²) in [7, 11) is 0. The first kappa shape index (κ1) is 19.7. The van der Waals surface area contributed by atoms with Gasteiger partial charge in [-0.15, -0.1) is 0 Å². The van der Waals surface area contributed by atoms with Crippen LogP contribution in [0.15, 0.2) is 0 Å². The van der Waals surface area contributed by atoms with E-state index >= 15 is 0 Å². The van der Waals surface area contributed by atoms with Crippen LogP contribution in [0.25, 0.3) is 0 Å². The molecule has 1 rings (SSSR count). The molecule has 6 nitrogen and oxygen atoms in total. The maximum absolute atomic E-state index is 11.9. The highest BCUT2D eigenvalue weighted by atomic mass is 16.2. The van der Waals surface area contributed by atoms with E-state index in [2.05, 4.69) is 29.8 Å². The second-order valence-electron chi connectivity index (χ2n) is 6.97. The molecule has 134 valence electrons. The molecule has 1 atom stereocenters. The van der Waals surface area contributed by atoms with Crippen LogP contribution in [0.2, 0.25) is 0 Å². The molecule has 0 saturated heterocycles. The Kier molecular flexibility index (Phi) is 9.67. The van der Waals surface area contributed by atoms with Gasteiger partial charge < -0.3 is 21.7 Å². The van der Waals surface area contributed by atoms with E-state index in [0.717, 1.165) is 19.3 Å². The molecule has 1 unspecified atom stereocenters. The van der Waals surface area contributed by atoms with Gasteiger partial charge in [-0.1, -0.05) is 33.1 Å². The number of carbonyl (C=O) groups excluding carboxylic acids is 2. The Labute approximate surface area is 140 Å². The molecule has 0 heterocycles. The van der Waals surface area contributed by atoms with Crippen molar-refractivity contribution in [1.29, 1.82) is 0 Å². The second-order valence-corrected chi connectivity index (χ2v) is 6.97. The highest BCUT2D eigenvalue weighted by Gasteiger charge is 2.15. The van der Waals surface area contributed by atoms with Crippen LogP contribution >= 0.6 is 0 Å². The van der Waals surface area contributed by atoms with Gasteiger partial charge in [-0.05, 0) is 31.6 Å². The van der Waals surface area contributed by atoms with Crippen LogP contribution in [0, 0.1) is 5.92 Å². The van der Waals surface area contributed by atoms with Crippen LogP contribution < -0.4 is 21.7 Å². The van der Waals surface area contributed by atoms with Gasteiger partial charge in [0.2, 0.25) is 5.91 Å². The predicted octanol–water partition coefficient (Wildman–Crippen LogP) is 1.89. The fourth-order valence-corrected chi connectivity index (χ4v) is 3.02. The van der Waals surface area contributed by atoms with Crippen molar-refractivity contribution in [2.45, 2.75) is 77.3 Å². The molecule has 5 N–H and O–H groups in total. The van der Waals surface area contributed by atoms with Gasteiger partial charge in [0, 0.05) is 31.6 Å². The molecule has 0 radical (unpaired) electrons. The van der Waals surface area contributed by atoms with Gasteiger partial charge >= 0.3 is 6.03 Å². The van der Waals surface area contributed by atoms with Crippen LogP contribution in [-0.4, -0.2) is 37.1 Å². The van der Waals surface area contributed by atoms with Crippen LogP contribution in [-0.2, 0) is 4.79 Å². The summed E-state index contributed by atoms with van der Waals surface area (Å²) in [5, 5.41) is 8.79. The lowest BCUT2D eigenvalue weighted by Crippen LogP contribution is -2.43. The molecule has 0 aliphatic heterocycles. The monoisotopic (exact) mass is 326 g/mol. The van der Waals surface area contributed by atoms with Crippen molar-refractivity contribution in [2.24, 2.45) is 11.7 Å². The summed E-state index contributed by atoms with van der Waals surface area (Å²) < 4.78 is 0. The van der Waals surface area contributed by atoms with Gasteiger partial charge in [-0.2, -0.15) is 0 Å². The van der Waals surface area contributed by atoms with E-state index in [1.165, 1.54) is 19.3 Å². The molecule has 1 fully saturated rings. The third kappa shape index (κ3) is 9.43. The lowest BCUT2D eigenvalue weighted by molar-refractivity contribution is -0.121. The lowest BCUT2D eigenvalue weighted by atomic mass is 9.96. The van der Waals surface area contributed by atoms with E-state index in [9.17, 15) is 9.59 Å². The third-order valence-electron chi connectivity index (χ3n) is 4.21. The van der Waals surface area contributed by atoms with Crippen LogP contribution in [0.4, 0.5) is 4.79 Å². The number of rotatable bonds is 9. The van der Waals surface area contributed by atoms with E-state index in [1.54, 1.807) is 0 Å². The number of amides is 3. The SMILES string of the molecule is CC(C)CC(CN)NC(=O)CCCNC(=O)NC1CCCCC1. The number of carbonyl (C=O) groups is 2. The molecule has 0 aromatic carbocycles. The van der Waals surface area contributed by atoms with Crippen molar-refractivity contribution in [2.75, 3.05) is 13.1 Å². The topological polar surface area (TPSA) is 96.2 Å². The highest BCUT2D eigenvalue weighted by molar-refractivity contribution is 5.76. The van der Waals surface area contributed by atoms with E-state index < -0.39 is 0 Å². The zero-order chi connectivity index (χ0) is 17.1. The lowest BCUT2D eigenvalue weighted by Gasteiger charge is -2.22. The summed E-state index contributed by atoms with van der Waals surface area (Å²) in [6.45, 7) is 5.21. The van der Waals surface area contributed by atoms with Gasteiger partial charge in [-0.3, -0.25) is 4.79 Å². The summed E-state index contributed by atoms with van der Waals surface area (Å²) in [6.07, 6.45) is 7.77. The maximum atomic E-state index is 11.9. The smallest absolute Gasteiger partial charge is 0.315 e. The number of hydrogen-bond acceptors (Lipinski definition) is 3. The predicted molar refractivity (Wildman–Crippen MR) is 93.1 cm³/mol. The largest absolute Gasteiger partial charge is 0.352 e. The van der Waals surface area contributed by atoms with Crippen molar-refractivity contribution in [3.63, 3.8) is 0 Å². The molecule has 0 aromatic heterocycles. The Morgan fingerprint density at radius 2 is 1.87 bits per heavy atom. The molecule has 1 saturated carbocycles. The first-order chi connectivity index (χ1) is 11.0. The first-order valence-corrected chi connectivity index (χ1v) is 9.05. The minimum absolute atomic E-state index is 0.00980. The molecule has 0 spiro atoms. The van der Waals surface area contributed by atoms with Crippen molar-refractivity contribution in [3.05, 3.63) is 0 Å². The molecular formula is C17H34N4O2. The van der Waals surface area contributed by atoms with Crippen molar-refractivity contribution in [1.82, 2.24) is 16.0 Å². The summed E-state index contributed by atoms with van der Waals surface area (Å²) in [6, 6.07) is 0.246. The molecule has 0 aromatic rings. The summed E-state index contributed by atoms with van der Waals surface area (Å²) in [4.78, 5) is 23.6. The standard InChI is InChI=1S/C17H34N4O2/c1-13(2)11-15(12-18)20-16(22)9-6-10-19-17(23)21-14-7-4-3-5-8-14/h13-15H,3-12,18H2,1-2H3,(H,20,22)(H2,19,21,23). The summed E-state index contributed by atoms with van der Waals surface area (Å²) >= 11 is 0. The average molecular weight is 326 g/mol. The van der Waals surface area contributed by atoms with Crippen molar-refractivity contribution < 1.29 is 9.59 Å². The van der Waals surface area contributed by atoms with Gasteiger partial charge in [0.05, 0.1) is 0 Å². The van der Waals surface area contributed by atoms with Gasteiger partial charge in [0.15, 0.2) is 0 Å². The van der Waals surface area contributed by atoms with Gasteiger partial charge in [-0.25, -0.2) is 4.79 Å². The van der Waals surface area contributed by atoms with E-state index in [-0.39, 0.29) is 18.0 Å². The van der Waals surface area contributed by atoms with Crippen LogP contribution in [0.5, 0.6) is 0 Å². The quantitative estimate of drug-likeness (QED) is 0.487. The Balaban J connectivity index is 2.08. The normalized spacial score (nSPS) is 16.9. The summed E-state index contributed by atoms with van der Waals surface area (Å²) in [5.74, 6) is 0.518. The van der Waals surface area contributed by atoms with E-state index in [0.29, 0.717) is 37.9 Å². The number of urea groups is 1. The summed E-state index contributed by atoms with van der Waals surface area (Å²) in [5.41, 5.74) is 5.67. The molecular weight excluding hydrogens is 292 g/mol. The molecule has 0 bridgehead atoms. The number of nitrogens with two attached hydrogens (primary N) is 1. The van der Waals surface area contributed by atoms with E-state index in [1.807, 2.05) is 0 Å². The Hall–Kier alpha value is -1.30. The second kappa shape index (κ2) is 11.3. The van der Waals surface area contributed by atoms with Crippen LogP contribution in [0.1, 0.15) is 65.2 Å². The fraction of sp³-hybridized carbons (Fsp3) is 0.882. The minimum Gasteiger partial charge on any atom is -0.352 e. The molecule has 1 aliphatic rings. The highest BCUT2D eigenvalue weighted by Crippen LogP contribution is 2.17. The van der Waals surface area contributed by atoms with Crippen LogP contribution in [0.3, 0.4) is 0 Å². The zero-order valence-electron chi connectivity index (χ0n) is 14.7. The molecule has 3 amide bonds. The molecule has 23 heavy (non-hydrogen) atoms. The molecule has 6 heteroatoms. The minimum atomic E-state index is -0.114. The third-order valence-corrected chi connectivity index (χ3v) is 4.21. The Morgan fingerprint density at radius 3 is 2.48 bits per heavy atom. The maximum Gasteiger partial charge on any atom is 0.315 e. The molecule has 1 aliphatic carbocycles. The average Bonchev–Trinajstić information content (AvgIpc) is 2.51. The van der Waals surface area contributed by atoms with Crippen molar-refractivity contribution in [3.8, 4) is 0 Å². The first-order valence-electron chi connectivity index (χ1n) is 9.05. The Bertz CT molecular complexity index is 355. The van der Waals surface area contributed by atoms with E-state index in [4.69, 9.17) is 5.73 Å². The zero-order valence-corrected chi connectivity index (χ0v) is 14.7. The fourth-order valence-electron chi connectivity index (χ4n) is 3.02.